The first-order chi connectivity index (χ1) is 6.72. The standard InChI is InChI=1S/C10H15N3O/c1-6(2)10-12-8(3-11)7-4-14-5-9(7)13-10/h6H,3-5,11H2,1-2H3. The Kier molecular flexibility index (Phi) is 2.48. The molecule has 0 bridgehead atoms. The van der Waals surface area contributed by atoms with Gasteiger partial charge in [0.15, 0.2) is 0 Å². The molecular weight excluding hydrogens is 178 g/mol. The van der Waals surface area contributed by atoms with Gasteiger partial charge in [-0.1, -0.05) is 13.8 Å². The second kappa shape index (κ2) is 3.63. The Hall–Kier alpha value is -1.00. The molecule has 0 aromatic carbocycles. The molecule has 14 heavy (non-hydrogen) atoms. The van der Waals surface area contributed by atoms with Gasteiger partial charge in [0.25, 0.3) is 0 Å². The first-order valence-corrected chi connectivity index (χ1v) is 4.88. The normalized spacial score (nSPS) is 14.9. The molecule has 0 radical (unpaired) electrons. The highest BCUT2D eigenvalue weighted by Gasteiger charge is 2.19. The van der Waals surface area contributed by atoms with Gasteiger partial charge in [0, 0.05) is 18.0 Å². The fourth-order valence-electron chi connectivity index (χ4n) is 1.57. The number of hydrogen-bond acceptors (Lipinski definition) is 4. The monoisotopic (exact) mass is 193 g/mol. The van der Waals surface area contributed by atoms with E-state index in [4.69, 9.17) is 10.5 Å². The smallest absolute Gasteiger partial charge is 0.131 e. The van der Waals surface area contributed by atoms with Gasteiger partial charge in [-0.2, -0.15) is 0 Å². The van der Waals surface area contributed by atoms with Crippen LogP contribution < -0.4 is 5.73 Å². The van der Waals surface area contributed by atoms with Crippen molar-refractivity contribution in [1.29, 1.82) is 0 Å². The summed E-state index contributed by atoms with van der Waals surface area (Å²) in [6.45, 7) is 5.84. The third kappa shape index (κ3) is 1.51. The Morgan fingerprint density at radius 2 is 2.14 bits per heavy atom. The van der Waals surface area contributed by atoms with Crippen LogP contribution in [-0.4, -0.2) is 9.97 Å². The van der Waals surface area contributed by atoms with E-state index in [9.17, 15) is 0 Å². The van der Waals surface area contributed by atoms with Crippen molar-refractivity contribution in [2.45, 2.75) is 39.5 Å². The summed E-state index contributed by atoms with van der Waals surface area (Å²) in [5, 5.41) is 0. The van der Waals surface area contributed by atoms with E-state index in [1.807, 2.05) is 0 Å². The van der Waals surface area contributed by atoms with Crippen molar-refractivity contribution < 1.29 is 4.74 Å². The van der Waals surface area contributed by atoms with E-state index in [0.717, 1.165) is 22.8 Å². The molecule has 0 spiro atoms. The van der Waals surface area contributed by atoms with Crippen LogP contribution in [0.25, 0.3) is 0 Å². The molecule has 0 saturated heterocycles. The molecule has 76 valence electrons. The molecular formula is C10H15N3O. The molecule has 4 nitrogen and oxygen atoms in total. The van der Waals surface area contributed by atoms with Crippen molar-refractivity contribution in [3.63, 3.8) is 0 Å². The van der Waals surface area contributed by atoms with E-state index < -0.39 is 0 Å². The van der Waals surface area contributed by atoms with Crippen LogP contribution in [0.5, 0.6) is 0 Å². The molecule has 2 N–H and O–H groups in total. The van der Waals surface area contributed by atoms with Crippen LogP contribution in [0.4, 0.5) is 0 Å². The van der Waals surface area contributed by atoms with Gasteiger partial charge in [-0.25, -0.2) is 9.97 Å². The third-order valence-electron chi connectivity index (χ3n) is 2.39. The lowest BCUT2D eigenvalue weighted by Gasteiger charge is -2.09. The van der Waals surface area contributed by atoms with Crippen molar-refractivity contribution in [2.24, 2.45) is 5.73 Å². The van der Waals surface area contributed by atoms with Crippen LogP contribution in [0, 0.1) is 0 Å². The largest absolute Gasteiger partial charge is 0.370 e. The van der Waals surface area contributed by atoms with Crippen molar-refractivity contribution in [1.82, 2.24) is 9.97 Å². The summed E-state index contributed by atoms with van der Waals surface area (Å²) in [4.78, 5) is 8.92. The van der Waals surface area contributed by atoms with Crippen molar-refractivity contribution in [3.05, 3.63) is 22.8 Å². The highest BCUT2D eigenvalue weighted by atomic mass is 16.5. The minimum Gasteiger partial charge on any atom is -0.370 e. The first-order valence-electron chi connectivity index (χ1n) is 4.88. The van der Waals surface area contributed by atoms with Crippen LogP contribution in [0.15, 0.2) is 0 Å². The van der Waals surface area contributed by atoms with Gasteiger partial charge in [-0.05, 0) is 0 Å². The summed E-state index contributed by atoms with van der Waals surface area (Å²) in [5.41, 5.74) is 8.70. The lowest BCUT2D eigenvalue weighted by Crippen LogP contribution is -2.10. The molecule has 0 amide bonds. The predicted molar refractivity (Wildman–Crippen MR) is 52.5 cm³/mol. The van der Waals surface area contributed by atoms with Gasteiger partial charge in [-0.3, -0.25) is 0 Å². The van der Waals surface area contributed by atoms with Gasteiger partial charge in [-0.15, -0.1) is 0 Å². The SMILES string of the molecule is CC(C)c1nc(CN)c2c(n1)COC2. The molecule has 2 rings (SSSR count). The zero-order chi connectivity index (χ0) is 10.1. The summed E-state index contributed by atoms with van der Waals surface area (Å²) >= 11 is 0. The number of nitrogens with zero attached hydrogens (tertiary/aromatic N) is 2. The number of ether oxygens (including phenoxy) is 1. The quantitative estimate of drug-likeness (QED) is 0.763. The maximum absolute atomic E-state index is 5.65. The summed E-state index contributed by atoms with van der Waals surface area (Å²) in [5.74, 6) is 1.21. The van der Waals surface area contributed by atoms with Gasteiger partial charge in [0.1, 0.15) is 5.82 Å². The van der Waals surface area contributed by atoms with E-state index in [-0.39, 0.29) is 0 Å². The Balaban J connectivity index is 2.49. The average Bonchev–Trinajstić information content (AvgIpc) is 2.63. The summed E-state index contributed by atoms with van der Waals surface area (Å²) < 4.78 is 5.33. The minimum atomic E-state index is 0.339. The Morgan fingerprint density at radius 3 is 2.79 bits per heavy atom. The van der Waals surface area contributed by atoms with Gasteiger partial charge >= 0.3 is 0 Å². The maximum Gasteiger partial charge on any atom is 0.131 e. The van der Waals surface area contributed by atoms with Crippen molar-refractivity contribution >= 4 is 0 Å². The molecule has 0 aliphatic carbocycles. The van der Waals surface area contributed by atoms with Gasteiger partial charge < -0.3 is 10.5 Å². The first kappa shape index (κ1) is 9.55. The predicted octanol–water partition coefficient (Wildman–Crippen LogP) is 1.09. The minimum absolute atomic E-state index is 0.339. The molecule has 0 unspecified atom stereocenters. The van der Waals surface area contributed by atoms with Crippen LogP contribution in [-0.2, 0) is 24.5 Å². The van der Waals surface area contributed by atoms with Gasteiger partial charge in [0.05, 0.1) is 24.6 Å². The van der Waals surface area contributed by atoms with Crippen LogP contribution in [0.3, 0.4) is 0 Å². The molecule has 1 aliphatic heterocycles. The Labute approximate surface area is 83.5 Å². The topological polar surface area (TPSA) is 61.0 Å². The summed E-state index contributed by atoms with van der Waals surface area (Å²) in [6, 6.07) is 0. The number of fused-ring (bicyclic) bond motifs is 1. The zero-order valence-electron chi connectivity index (χ0n) is 8.58. The number of hydrogen-bond donors (Lipinski definition) is 1. The molecule has 4 heteroatoms. The second-order valence-corrected chi connectivity index (χ2v) is 3.81. The molecule has 0 atom stereocenters. The summed E-state index contributed by atoms with van der Waals surface area (Å²) in [6.07, 6.45) is 0. The highest BCUT2D eigenvalue weighted by molar-refractivity contribution is 5.27. The molecule has 1 aromatic rings. The average molecular weight is 193 g/mol. The van der Waals surface area contributed by atoms with Crippen LogP contribution >= 0.6 is 0 Å². The van der Waals surface area contributed by atoms with E-state index in [1.54, 1.807) is 0 Å². The fraction of sp³-hybridized carbons (Fsp3) is 0.600. The van der Waals surface area contributed by atoms with E-state index in [0.29, 0.717) is 25.7 Å². The van der Waals surface area contributed by atoms with E-state index in [1.165, 1.54) is 0 Å². The van der Waals surface area contributed by atoms with E-state index >= 15 is 0 Å². The van der Waals surface area contributed by atoms with Crippen LogP contribution in [0.1, 0.15) is 42.5 Å². The zero-order valence-corrected chi connectivity index (χ0v) is 8.58. The van der Waals surface area contributed by atoms with Crippen LogP contribution in [0.2, 0.25) is 0 Å². The number of rotatable bonds is 2. The lowest BCUT2D eigenvalue weighted by atomic mass is 10.1. The molecule has 0 saturated carbocycles. The Bertz CT molecular complexity index is 349. The number of nitrogens with two attached hydrogens (primary N) is 1. The van der Waals surface area contributed by atoms with E-state index in [2.05, 4.69) is 23.8 Å². The van der Waals surface area contributed by atoms with Gasteiger partial charge in [0.2, 0.25) is 0 Å². The molecule has 0 fully saturated rings. The molecule has 2 heterocycles. The second-order valence-electron chi connectivity index (χ2n) is 3.81. The van der Waals surface area contributed by atoms with Crippen molar-refractivity contribution in [2.75, 3.05) is 0 Å². The fourth-order valence-corrected chi connectivity index (χ4v) is 1.57. The lowest BCUT2D eigenvalue weighted by molar-refractivity contribution is 0.133. The molecule has 1 aliphatic rings. The third-order valence-corrected chi connectivity index (χ3v) is 2.39. The summed E-state index contributed by atoms with van der Waals surface area (Å²) in [7, 11) is 0. The Morgan fingerprint density at radius 1 is 1.36 bits per heavy atom. The van der Waals surface area contributed by atoms with Crippen molar-refractivity contribution in [3.8, 4) is 0 Å². The number of aromatic nitrogens is 2. The highest BCUT2D eigenvalue weighted by Crippen LogP contribution is 2.22. The maximum atomic E-state index is 5.65. The molecule has 1 aromatic heterocycles.